The largest absolute Gasteiger partial charge is 0.497 e. The van der Waals surface area contributed by atoms with Crippen molar-refractivity contribution < 1.29 is 9.84 Å². The number of piperidine rings is 1. The first kappa shape index (κ1) is 16.8. The second-order valence-electron chi connectivity index (χ2n) is 6.38. The highest BCUT2D eigenvalue weighted by Crippen LogP contribution is 2.22. The van der Waals surface area contributed by atoms with Crippen molar-refractivity contribution in [2.75, 3.05) is 32.1 Å². The van der Waals surface area contributed by atoms with E-state index >= 15 is 0 Å². The molecule has 0 saturated carbocycles. The highest BCUT2D eigenvalue weighted by molar-refractivity contribution is 5.48. The van der Waals surface area contributed by atoms with Crippen LogP contribution in [0.2, 0.25) is 0 Å². The highest BCUT2D eigenvalue weighted by Gasteiger charge is 2.21. The van der Waals surface area contributed by atoms with Gasteiger partial charge in [0.05, 0.1) is 13.2 Å². The summed E-state index contributed by atoms with van der Waals surface area (Å²) in [6, 6.07) is 18.5. The zero-order chi connectivity index (χ0) is 16.8. The van der Waals surface area contributed by atoms with E-state index in [1.807, 2.05) is 48.5 Å². The summed E-state index contributed by atoms with van der Waals surface area (Å²) >= 11 is 0. The summed E-state index contributed by atoms with van der Waals surface area (Å²) < 4.78 is 5.27. The minimum atomic E-state index is -0.408. The lowest BCUT2D eigenvalue weighted by molar-refractivity contribution is 0.0991. The van der Waals surface area contributed by atoms with E-state index in [1.54, 1.807) is 7.11 Å². The number of anilines is 1. The molecule has 0 bridgehead atoms. The van der Waals surface area contributed by atoms with Crippen LogP contribution in [0.4, 0.5) is 5.69 Å². The second-order valence-corrected chi connectivity index (χ2v) is 6.38. The third kappa shape index (κ3) is 4.49. The van der Waals surface area contributed by atoms with Crippen molar-refractivity contribution in [3.05, 3.63) is 60.2 Å². The van der Waals surface area contributed by atoms with Gasteiger partial charge in [0.25, 0.3) is 0 Å². The van der Waals surface area contributed by atoms with Gasteiger partial charge in [-0.05, 0) is 30.5 Å². The second kappa shape index (κ2) is 8.18. The molecule has 1 heterocycles. The molecule has 3 rings (SSSR count). The van der Waals surface area contributed by atoms with Crippen molar-refractivity contribution in [2.45, 2.75) is 25.0 Å². The topological polar surface area (TPSA) is 44.7 Å². The number of methoxy groups -OCH3 is 1. The summed E-state index contributed by atoms with van der Waals surface area (Å²) in [6.07, 6.45) is 1.76. The van der Waals surface area contributed by atoms with Gasteiger partial charge in [-0.15, -0.1) is 0 Å². The van der Waals surface area contributed by atoms with Crippen LogP contribution in [-0.4, -0.2) is 42.8 Å². The van der Waals surface area contributed by atoms with Crippen LogP contribution in [0.5, 0.6) is 5.75 Å². The summed E-state index contributed by atoms with van der Waals surface area (Å²) in [5.41, 5.74) is 2.10. The van der Waals surface area contributed by atoms with E-state index in [9.17, 15) is 5.11 Å². The first-order valence-electron chi connectivity index (χ1n) is 8.60. The van der Waals surface area contributed by atoms with E-state index in [0.717, 1.165) is 42.9 Å². The fourth-order valence-corrected chi connectivity index (χ4v) is 3.23. The molecule has 1 aliphatic heterocycles. The molecular weight excluding hydrogens is 300 g/mol. The fraction of sp³-hybridized carbons (Fsp3) is 0.400. The Bertz CT molecular complexity index is 625. The molecule has 2 aromatic rings. The van der Waals surface area contributed by atoms with Gasteiger partial charge in [-0.25, -0.2) is 0 Å². The molecule has 1 unspecified atom stereocenters. The highest BCUT2D eigenvalue weighted by atomic mass is 16.5. The molecule has 2 aromatic carbocycles. The van der Waals surface area contributed by atoms with Gasteiger partial charge in [0.15, 0.2) is 0 Å². The number of β-amino-alcohol motifs (C(OH)–C–C–N with tert-alkyl or cyclic N) is 1. The Morgan fingerprint density at radius 1 is 1.12 bits per heavy atom. The third-order valence-corrected chi connectivity index (χ3v) is 4.64. The molecule has 1 aliphatic rings. The zero-order valence-electron chi connectivity index (χ0n) is 14.2. The third-order valence-electron chi connectivity index (χ3n) is 4.64. The van der Waals surface area contributed by atoms with E-state index in [0.29, 0.717) is 12.6 Å². The van der Waals surface area contributed by atoms with Gasteiger partial charge in [-0.3, -0.25) is 0 Å². The Morgan fingerprint density at radius 2 is 1.88 bits per heavy atom. The van der Waals surface area contributed by atoms with Crippen LogP contribution in [0, 0.1) is 0 Å². The number of rotatable bonds is 6. The number of ether oxygens (including phenoxy) is 1. The van der Waals surface area contributed by atoms with Crippen molar-refractivity contribution >= 4 is 5.69 Å². The Labute approximate surface area is 144 Å². The Morgan fingerprint density at radius 3 is 2.58 bits per heavy atom. The van der Waals surface area contributed by atoms with Gasteiger partial charge in [0, 0.05) is 37.4 Å². The average Bonchev–Trinajstić information content (AvgIpc) is 2.64. The van der Waals surface area contributed by atoms with E-state index < -0.39 is 6.10 Å². The maximum absolute atomic E-state index is 10.4. The lowest BCUT2D eigenvalue weighted by Gasteiger charge is -2.34. The molecule has 128 valence electrons. The van der Waals surface area contributed by atoms with Crippen LogP contribution in [0.25, 0.3) is 0 Å². The number of hydrogen-bond acceptors (Lipinski definition) is 4. The number of hydrogen-bond donors (Lipinski definition) is 2. The van der Waals surface area contributed by atoms with Gasteiger partial charge in [0.1, 0.15) is 5.75 Å². The molecule has 0 radical (unpaired) electrons. The molecule has 0 amide bonds. The van der Waals surface area contributed by atoms with Crippen LogP contribution in [-0.2, 0) is 0 Å². The molecule has 0 aliphatic carbocycles. The standard InChI is InChI=1S/C20H26N2O2/c1-24-19-9-5-8-18(14-19)21-17-10-12-22(13-11-17)15-20(23)16-6-3-2-4-7-16/h2-9,14,17,20-21,23H,10-13,15H2,1H3. The molecule has 0 spiro atoms. The van der Waals surface area contributed by atoms with Crippen LogP contribution in [0.3, 0.4) is 0 Å². The van der Waals surface area contributed by atoms with Crippen LogP contribution < -0.4 is 10.1 Å². The molecule has 1 saturated heterocycles. The van der Waals surface area contributed by atoms with Gasteiger partial charge in [-0.1, -0.05) is 36.4 Å². The molecule has 2 N–H and O–H groups in total. The SMILES string of the molecule is COc1cccc(NC2CCN(CC(O)c3ccccc3)CC2)c1. The van der Waals surface area contributed by atoms with E-state index in [2.05, 4.69) is 16.3 Å². The summed E-state index contributed by atoms with van der Waals surface area (Å²) in [6.45, 7) is 2.72. The van der Waals surface area contributed by atoms with E-state index in [4.69, 9.17) is 4.74 Å². The molecule has 24 heavy (non-hydrogen) atoms. The van der Waals surface area contributed by atoms with Gasteiger partial charge in [0.2, 0.25) is 0 Å². The predicted molar refractivity (Wildman–Crippen MR) is 97.5 cm³/mol. The predicted octanol–water partition coefficient (Wildman–Crippen LogP) is 3.31. The monoisotopic (exact) mass is 326 g/mol. The van der Waals surface area contributed by atoms with Crippen molar-refractivity contribution in [3.63, 3.8) is 0 Å². The fourth-order valence-electron chi connectivity index (χ4n) is 3.23. The minimum Gasteiger partial charge on any atom is -0.497 e. The molecular formula is C20H26N2O2. The van der Waals surface area contributed by atoms with Gasteiger partial charge >= 0.3 is 0 Å². The minimum absolute atomic E-state index is 0.408. The van der Waals surface area contributed by atoms with Crippen LogP contribution in [0.15, 0.2) is 54.6 Å². The molecule has 1 fully saturated rings. The number of likely N-dealkylation sites (tertiary alicyclic amines) is 1. The Balaban J connectivity index is 1.47. The molecule has 1 atom stereocenters. The van der Waals surface area contributed by atoms with Crippen molar-refractivity contribution in [2.24, 2.45) is 0 Å². The lowest BCUT2D eigenvalue weighted by atomic mass is 10.0. The van der Waals surface area contributed by atoms with E-state index in [1.165, 1.54) is 0 Å². The quantitative estimate of drug-likeness (QED) is 0.855. The molecule has 0 aromatic heterocycles. The number of aliphatic hydroxyl groups excluding tert-OH is 1. The maximum Gasteiger partial charge on any atom is 0.120 e. The van der Waals surface area contributed by atoms with Crippen LogP contribution in [0.1, 0.15) is 24.5 Å². The summed E-state index contributed by atoms with van der Waals surface area (Å²) in [7, 11) is 1.69. The van der Waals surface area contributed by atoms with Gasteiger partial charge in [-0.2, -0.15) is 0 Å². The van der Waals surface area contributed by atoms with Crippen molar-refractivity contribution in [1.29, 1.82) is 0 Å². The number of nitrogens with zero attached hydrogens (tertiary/aromatic N) is 1. The van der Waals surface area contributed by atoms with Crippen LogP contribution >= 0.6 is 0 Å². The van der Waals surface area contributed by atoms with Crippen molar-refractivity contribution in [1.82, 2.24) is 4.90 Å². The Kier molecular flexibility index (Phi) is 5.72. The van der Waals surface area contributed by atoms with Crippen molar-refractivity contribution in [3.8, 4) is 5.75 Å². The zero-order valence-corrected chi connectivity index (χ0v) is 14.2. The summed E-state index contributed by atoms with van der Waals surface area (Å²) in [5.74, 6) is 0.878. The average molecular weight is 326 g/mol. The Hall–Kier alpha value is -2.04. The van der Waals surface area contributed by atoms with Gasteiger partial charge < -0.3 is 20.1 Å². The molecule has 4 nitrogen and oxygen atoms in total. The summed E-state index contributed by atoms with van der Waals surface area (Å²) in [4.78, 5) is 2.35. The lowest BCUT2D eigenvalue weighted by Crippen LogP contribution is -2.40. The number of aliphatic hydroxyl groups is 1. The maximum atomic E-state index is 10.4. The first-order valence-corrected chi connectivity index (χ1v) is 8.60. The van der Waals surface area contributed by atoms with E-state index in [-0.39, 0.29) is 0 Å². The normalized spacial score (nSPS) is 17.4. The first-order chi connectivity index (χ1) is 11.7. The number of nitrogens with one attached hydrogen (secondary N) is 1. The smallest absolute Gasteiger partial charge is 0.120 e. The molecule has 4 heteroatoms. The summed E-state index contributed by atoms with van der Waals surface area (Å²) in [5, 5.41) is 14.0. The number of benzene rings is 2.